The summed E-state index contributed by atoms with van der Waals surface area (Å²) < 4.78 is 4.55. The van der Waals surface area contributed by atoms with Crippen molar-refractivity contribution in [2.45, 2.75) is 12.8 Å². The summed E-state index contributed by atoms with van der Waals surface area (Å²) in [5.74, 6) is 1.75. The number of hydrogen-bond donors (Lipinski definition) is 0. The fraction of sp³-hybridized carbons (Fsp3) is 0.545. The lowest BCUT2D eigenvalue weighted by molar-refractivity contribution is -0.134. The highest BCUT2D eigenvalue weighted by Gasteiger charge is 2.33. The van der Waals surface area contributed by atoms with E-state index in [4.69, 9.17) is 0 Å². The average molecular weight is 178 g/mol. The molecule has 2 heteroatoms. The van der Waals surface area contributed by atoms with E-state index in [1.54, 1.807) is 6.08 Å². The normalized spacial score (nSPS) is 35.9. The van der Waals surface area contributed by atoms with Crippen LogP contribution in [-0.4, -0.2) is 13.1 Å². The van der Waals surface area contributed by atoms with Crippen LogP contribution in [0.2, 0.25) is 0 Å². The quantitative estimate of drug-likeness (QED) is 0.367. The summed E-state index contributed by atoms with van der Waals surface area (Å²) in [4.78, 5) is 10.8. The Hall–Kier alpha value is -1.05. The molecule has 0 aliphatic heterocycles. The van der Waals surface area contributed by atoms with Gasteiger partial charge in [-0.15, -0.1) is 0 Å². The highest BCUT2D eigenvalue weighted by Crippen LogP contribution is 2.43. The number of hydrogen-bond acceptors (Lipinski definition) is 2. The Morgan fingerprint density at radius 2 is 2.31 bits per heavy atom. The van der Waals surface area contributed by atoms with Crippen LogP contribution >= 0.6 is 0 Å². The highest BCUT2D eigenvalue weighted by atomic mass is 16.5. The van der Waals surface area contributed by atoms with Crippen LogP contribution in [0.3, 0.4) is 0 Å². The maximum atomic E-state index is 10.8. The predicted molar refractivity (Wildman–Crippen MR) is 50.0 cm³/mol. The number of allylic oxidation sites excluding steroid dienone is 3. The molecule has 70 valence electrons. The third-order valence-corrected chi connectivity index (χ3v) is 3.01. The van der Waals surface area contributed by atoms with Crippen molar-refractivity contribution in [1.29, 1.82) is 0 Å². The van der Waals surface area contributed by atoms with E-state index in [0.717, 1.165) is 5.92 Å². The summed E-state index contributed by atoms with van der Waals surface area (Å²) >= 11 is 0. The van der Waals surface area contributed by atoms with Gasteiger partial charge in [0.15, 0.2) is 0 Å². The Balaban J connectivity index is 1.93. The Morgan fingerprint density at radius 3 is 2.85 bits per heavy atom. The monoisotopic (exact) mass is 178 g/mol. The van der Waals surface area contributed by atoms with Crippen LogP contribution in [0.25, 0.3) is 0 Å². The van der Waals surface area contributed by atoms with Gasteiger partial charge in [0.1, 0.15) is 0 Å². The lowest BCUT2D eigenvalue weighted by atomic mass is 9.93. The molecule has 2 bridgehead atoms. The first-order valence-corrected chi connectivity index (χ1v) is 4.74. The van der Waals surface area contributed by atoms with Crippen molar-refractivity contribution in [1.82, 2.24) is 0 Å². The fourth-order valence-corrected chi connectivity index (χ4v) is 2.31. The summed E-state index contributed by atoms with van der Waals surface area (Å²) in [6, 6.07) is 0. The van der Waals surface area contributed by atoms with Gasteiger partial charge in [0.2, 0.25) is 0 Å². The van der Waals surface area contributed by atoms with Gasteiger partial charge in [0.05, 0.1) is 7.11 Å². The van der Waals surface area contributed by atoms with Crippen LogP contribution in [0, 0.1) is 17.8 Å². The van der Waals surface area contributed by atoms with Crippen molar-refractivity contribution in [3.8, 4) is 0 Å². The largest absolute Gasteiger partial charge is 0.466 e. The minimum absolute atomic E-state index is 0.244. The van der Waals surface area contributed by atoms with E-state index in [2.05, 4.69) is 16.9 Å². The molecule has 0 spiro atoms. The summed E-state index contributed by atoms with van der Waals surface area (Å²) in [6.07, 6.45) is 10.6. The SMILES string of the molecule is COC(=O)/C=C/C1CC2C=CC1C2. The van der Waals surface area contributed by atoms with E-state index in [9.17, 15) is 4.79 Å². The molecule has 2 aliphatic rings. The third-order valence-electron chi connectivity index (χ3n) is 3.01. The third kappa shape index (κ3) is 1.67. The molecule has 0 aromatic heterocycles. The van der Waals surface area contributed by atoms with E-state index in [1.807, 2.05) is 6.08 Å². The molecule has 2 rings (SSSR count). The minimum atomic E-state index is -0.244. The lowest BCUT2D eigenvalue weighted by Crippen LogP contribution is -2.04. The molecule has 0 amide bonds. The van der Waals surface area contributed by atoms with Crippen LogP contribution in [0.15, 0.2) is 24.3 Å². The zero-order valence-corrected chi connectivity index (χ0v) is 7.77. The smallest absolute Gasteiger partial charge is 0.330 e. The molecule has 0 aromatic carbocycles. The highest BCUT2D eigenvalue weighted by molar-refractivity contribution is 5.81. The zero-order valence-electron chi connectivity index (χ0n) is 7.77. The molecular formula is C11H14O2. The second kappa shape index (κ2) is 3.36. The lowest BCUT2D eigenvalue weighted by Gasteiger charge is -2.12. The number of ether oxygens (including phenoxy) is 1. The molecule has 0 aromatic rings. The molecule has 0 saturated heterocycles. The summed E-state index contributed by atoms with van der Waals surface area (Å²) in [5, 5.41) is 0. The van der Waals surface area contributed by atoms with E-state index >= 15 is 0 Å². The van der Waals surface area contributed by atoms with E-state index in [-0.39, 0.29) is 5.97 Å². The first-order chi connectivity index (χ1) is 6.29. The zero-order chi connectivity index (χ0) is 9.26. The summed E-state index contributed by atoms with van der Waals surface area (Å²) in [5.41, 5.74) is 0. The Kier molecular flexibility index (Phi) is 2.21. The molecule has 13 heavy (non-hydrogen) atoms. The summed E-state index contributed by atoms with van der Waals surface area (Å²) in [6.45, 7) is 0. The number of carbonyl (C=O) groups excluding carboxylic acids is 1. The Bertz CT molecular complexity index is 265. The molecular weight excluding hydrogens is 164 g/mol. The summed E-state index contributed by atoms with van der Waals surface area (Å²) in [7, 11) is 1.41. The standard InChI is InChI=1S/C11H14O2/c1-13-11(12)5-4-10-7-8-2-3-9(10)6-8/h2-5,8-10H,6-7H2,1H3/b5-4+. The van der Waals surface area contributed by atoms with E-state index < -0.39 is 0 Å². The number of carbonyl (C=O) groups is 1. The van der Waals surface area contributed by atoms with Crippen LogP contribution in [0.4, 0.5) is 0 Å². The second-order valence-electron chi connectivity index (χ2n) is 3.83. The van der Waals surface area contributed by atoms with Gasteiger partial charge in [0, 0.05) is 6.08 Å². The first-order valence-electron chi connectivity index (χ1n) is 4.74. The molecule has 3 unspecified atom stereocenters. The molecule has 0 N–H and O–H groups in total. The Morgan fingerprint density at radius 1 is 1.46 bits per heavy atom. The fourth-order valence-electron chi connectivity index (χ4n) is 2.31. The number of rotatable bonds is 2. The van der Waals surface area contributed by atoms with E-state index in [0.29, 0.717) is 11.8 Å². The van der Waals surface area contributed by atoms with Gasteiger partial charge in [-0.25, -0.2) is 4.79 Å². The maximum absolute atomic E-state index is 10.8. The molecule has 1 fully saturated rings. The van der Waals surface area contributed by atoms with Crippen LogP contribution in [0.1, 0.15) is 12.8 Å². The van der Waals surface area contributed by atoms with Gasteiger partial charge in [0.25, 0.3) is 0 Å². The molecule has 2 nitrogen and oxygen atoms in total. The van der Waals surface area contributed by atoms with Crippen LogP contribution in [-0.2, 0) is 9.53 Å². The maximum Gasteiger partial charge on any atom is 0.330 e. The first kappa shape index (κ1) is 8.54. The van der Waals surface area contributed by atoms with Gasteiger partial charge >= 0.3 is 5.97 Å². The van der Waals surface area contributed by atoms with Crippen molar-refractivity contribution in [2.75, 3.05) is 7.11 Å². The van der Waals surface area contributed by atoms with Gasteiger partial charge in [-0.3, -0.25) is 0 Å². The van der Waals surface area contributed by atoms with Crippen LogP contribution in [0.5, 0.6) is 0 Å². The molecule has 2 aliphatic carbocycles. The number of methoxy groups -OCH3 is 1. The van der Waals surface area contributed by atoms with Gasteiger partial charge < -0.3 is 4.74 Å². The molecule has 0 radical (unpaired) electrons. The van der Waals surface area contributed by atoms with Crippen molar-refractivity contribution >= 4 is 5.97 Å². The van der Waals surface area contributed by atoms with Crippen molar-refractivity contribution in [3.63, 3.8) is 0 Å². The van der Waals surface area contributed by atoms with Crippen molar-refractivity contribution in [2.24, 2.45) is 17.8 Å². The number of esters is 1. The van der Waals surface area contributed by atoms with Crippen LogP contribution < -0.4 is 0 Å². The van der Waals surface area contributed by atoms with Crippen molar-refractivity contribution < 1.29 is 9.53 Å². The van der Waals surface area contributed by atoms with E-state index in [1.165, 1.54) is 20.0 Å². The van der Waals surface area contributed by atoms with Gasteiger partial charge in [-0.05, 0) is 30.6 Å². The Labute approximate surface area is 78.3 Å². The average Bonchev–Trinajstić information content (AvgIpc) is 2.74. The number of fused-ring (bicyclic) bond motifs is 2. The molecule has 1 saturated carbocycles. The van der Waals surface area contributed by atoms with Gasteiger partial charge in [-0.2, -0.15) is 0 Å². The van der Waals surface area contributed by atoms with Crippen molar-refractivity contribution in [3.05, 3.63) is 24.3 Å². The predicted octanol–water partition coefficient (Wildman–Crippen LogP) is 1.93. The van der Waals surface area contributed by atoms with Gasteiger partial charge in [-0.1, -0.05) is 18.2 Å². The minimum Gasteiger partial charge on any atom is -0.466 e. The molecule has 0 heterocycles. The molecule has 3 atom stereocenters. The topological polar surface area (TPSA) is 26.3 Å². The second-order valence-corrected chi connectivity index (χ2v) is 3.83.